The van der Waals surface area contributed by atoms with Gasteiger partial charge in [-0.15, -0.1) is 0 Å². The van der Waals surface area contributed by atoms with E-state index in [1.165, 1.54) is 0 Å². The van der Waals surface area contributed by atoms with Crippen LogP contribution in [0.2, 0.25) is 0 Å². The summed E-state index contributed by atoms with van der Waals surface area (Å²) in [6.45, 7) is 0. The topological polar surface area (TPSA) is 75.4 Å². The SMILES string of the molecule is NC1CCC(CC(=O)NC2CCC(O)CC2)CC1. The lowest BCUT2D eigenvalue weighted by atomic mass is 9.84. The summed E-state index contributed by atoms with van der Waals surface area (Å²) < 4.78 is 0. The molecule has 4 nitrogen and oxygen atoms in total. The average Bonchev–Trinajstić information content (AvgIpc) is 2.35. The number of hydrogen-bond acceptors (Lipinski definition) is 3. The number of nitrogens with two attached hydrogens (primary N) is 1. The first-order chi connectivity index (χ1) is 8.63. The first-order valence-corrected chi connectivity index (χ1v) is 7.36. The number of rotatable bonds is 3. The molecular formula is C14H26N2O2. The van der Waals surface area contributed by atoms with Crippen LogP contribution in [0.15, 0.2) is 0 Å². The van der Waals surface area contributed by atoms with Gasteiger partial charge in [0.05, 0.1) is 6.10 Å². The van der Waals surface area contributed by atoms with Crippen molar-refractivity contribution in [3.05, 3.63) is 0 Å². The minimum Gasteiger partial charge on any atom is -0.393 e. The van der Waals surface area contributed by atoms with Crippen molar-refractivity contribution in [1.29, 1.82) is 0 Å². The fourth-order valence-electron chi connectivity index (χ4n) is 3.16. The van der Waals surface area contributed by atoms with Crippen molar-refractivity contribution < 1.29 is 9.90 Å². The van der Waals surface area contributed by atoms with Gasteiger partial charge < -0.3 is 16.2 Å². The molecule has 0 aromatic heterocycles. The van der Waals surface area contributed by atoms with Gasteiger partial charge in [-0.3, -0.25) is 4.79 Å². The monoisotopic (exact) mass is 254 g/mol. The zero-order valence-electron chi connectivity index (χ0n) is 11.1. The lowest BCUT2D eigenvalue weighted by Crippen LogP contribution is -2.39. The standard InChI is InChI=1S/C14H26N2O2/c15-11-3-1-10(2-4-11)9-14(18)16-12-5-7-13(17)8-6-12/h10-13,17H,1-9,15H2,(H,16,18). The quantitative estimate of drug-likeness (QED) is 0.711. The summed E-state index contributed by atoms with van der Waals surface area (Å²) in [7, 11) is 0. The van der Waals surface area contributed by atoms with Gasteiger partial charge in [0.15, 0.2) is 0 Å². The van der Waals surface area contributed by atoms with E-state index >= 15 is 0 Å². The predicted octanol–water partition coefficient (Wildman–Crippen LogP) is 1.31. The highest BCUT2D eigenvalue weighted by Gasteiger charge is 2.24. The summed E-state index contributed by atoms with van der Waals surface area (Å²) in [4.78, 5) is 11.9. The molecule has 4 N–H and O–H groups in total. The van der Waals surface area contributed by atoms with Gasteiger partial charge >= 0.3 is 0 Å². The zero-order chi connectivity index (χ0) is 13.0. The maximum atomic E-state index is 11.9. The fraction of sp³-hybridized carbons (Fsp3) is 0.929. The summed E-state index contributed by atoms with van der Waals surface area (Å²) in [5.74, 6) is 0.718. The molecule has 0 bridgehead atoms. The Balaban J connectivity index is 1.66. The van der Waals surface area contributed by atoms with Crippen LogP contribution in [0.1, 0.15) is 57.8 Å². The molecule has 0 saturated heterocycles. The number of amides is 1. The lowest BCUT2D eigenvalue weighted by molar-refractivity contribution is -0.123. The Morgan fingerprint density at radius 2 is 1.67 bits per heavy atom. The fourth-order valence-corrected chi connectivity index (χ4v) is 3.16. The van der Waals surface area contributed by atoms with Crippen LogP contribution in [0.5, 0.6) is 0 Å². The molecule has 104 valence electrons. The van der Waals surface area contributed by atoms with E-state index in [1.54, 1.807) is 0 Å². The van der Waals surface area contributed by atoms with Crippen molar-refractivity contribution in [3.63, 3.8) is 0 Å². The van der Waals surface area contributed by atoms with E-state index in [0.29, 0.717) is 18.4 Å². The molecule has 2 rings (SSSR count). The molecule has 4 heteroatoms. The zero-order valence-corrected chi connectivity index (χ0v) is 11.1. The van der Waals surface area contributed by atoms with E-state index in [1.807, 2.05) is 0 Å². The Morgan fingerprint density at radius 3 is 2.28 bits per heavy atom. The van der Waals surface area contributed by atoms with Crippen molar-refractivity contribution in [1.82, 2.24) is 5.32 Å². The molecule has 2 saturated carbocycles. The van der Waals surface area contributed by atoms with Crippen molar-refractivity contribution in [3.8, 4) is 0 Å². The van der Waals surface area contributed by atoms with E-state index in [9.17, 15) is 9.90 Å². The third-order valence-corrected chi connectivity index (χ3v) is 4.43. The Morgan fingerprint density at radius 1 is 1.06 bits per heavy atom. The first-order valence-electron chi connectivity index (χ1n) is 7.36. The minimum atomic E-state index is -0.155. The summed E-state index contributed by atoms with van der Waals surface area (Å²) in [5.41, 5.74) is 5.87. The van der Waals surface area contributed by atoms with Crippen LogP contribution >= 0.6 is 0 Å². The third-order valence-electron chi connectivity index (χ3n) is 4.43. The second-order valence-corrected chi connectivity index (χ2v) is 6.06. The highest BCUT2D eigenvalue weighted by Crippen LogP contribution is 2.26. The highest BCUT2D eigenvalue weighted by molar-refractivity contribution is 5.76. The second-order valence-electron chi connectivity index (χ2n) is 6.06. The smallest absolute Gasteiger partial charge is 0.220 e. The van der Waals surface area contributed by atoms with Gasteiger partial charge in [-0.05, 0) is 57.3 Å². The molecule has 18 heavy (non-hydrogen) atoms. The van der Waals surface area contributed by atoms with Crippen LogP contribution in [-0.4, -0.2) is 29.2 Å². The van der Waals surface area contributed by atoms with Gasteiger partial charge in [0.25, 0.3) is 0 Å². The largest absolute Gasteiger partial charge is 0.393 e. The normalized spacial score (nSPS) is 37.2. The molecule has 0 unspecified atom stereocenters. The maximum absolute atomic E-state index is 11.9. The highest BCUT2D eigenvalue weighted by atomic mass is 16.3. The average molecular weight is 254 g/mol. The van der Waals surface area contributed by atoms with Crippen molar-refractivity contribution >= 4 is 5.91 Å². The molecule has 0 aromatic rings. The summed E-state index contributed by atoms with van der Waals surface area (Å²) >= 11 is 0. The molecule has 0 radical (unpaired) electrons. The Labute approximate surface area is 109 Å². The van der Waals surface area contributed by atoms with Gasteiger partial charge in [-0.25, -0.2) is 0 Å². The Hall–Kier alpha value is -0.610. The van der Waals surface area contributed by atoms with Crippen LogP contribution in [0.3, 0.4) is 0 Å². The maximum Gasteiger partial charge on any atom is 0.220 e. The second kappa shape index (κ2) is 6.53. The van der Waals surface area contributed by atoms with E-state index in [2.05, 4.69) is 5.32 Å². The predicted molar refractivity (Wildman–Crippen MR) is 71.0 cm³/mol. The van der Waals surface area contributed by atoms with Crippen LogP contribution in [-0.2, 0) is 4.79 Å². The Bertz CT molecular complexity index is 241. The molecule has 2 aliphatic carbocycles. The summed E-state index contributed by atoms with van der Waals surface area (Å²) in [6, 6.07) is 0.635. The van der Waals surface area contributed by atoms with Crippen molar-refractivity contribution in [2.45, 2.75) is 76.0 Å². The van der Waals surface area contributed by atoms with Gasteiger partial charge in [0, 0.05) is 18.5 Å². The number of carbonyl (C=O) groups excluding carboxylic acids is 1. The third kappa shape index (κ3) is 4.25. The molecule has 2 aliphatic rings. The number of aliphatic hydroxyl groups is 1. The molecule has 0 heterocycles. The number of carbonyl (C=O) groups is 1. The molecule has 2 fully saturated rings. The van der Waals surface area contributed by atoms with Crippen LogP contribution in [0.25, 0.3) is 0 Å². The number of nitrogens with one attached hydrogen (secondary N) is 1. The van der Waals surface area contributed by atoms with Gasteiger partial charge in [-0.1, -0.05) is 0 Å². The number of hydrogen-bond donors (Lipinski definition) is 3. The first kappa shape index (κ1) is 13.8. The molecular weight excluding hydrogens is 228 g/mol. The van der Waals surface area contributed by atoms with Crippen LogP contribution in [0, 0.1) is 5.92 Å². The van der Waals surface area contributed by atoms with Gasteiger partial charge in [0.1, 0.15) is 0 Å². The summed E-state index contributed by atoms with van der Waals surface area (Å²) in [5, 5.41) is 12.5. The molecule has 0 spiro atoms. The molecule has 0 atom stereocenters. The Kier molecular flexibility index (Phi) is 5.01. The van der Waals surface area contributed by atoms with Crippen molar-refractivity contribution in [2.75, 3.05) is 0 Å². The van der Waals surface area contributed by atoms with Gasteiger partial charge in [0.2, 0.25) is 5.91 Å². The summed E-state index contributed by atoms with van der Waals surface area (Å²) in [6.07, 6.45) is 8.30. The molecule has 0 aliphatic heterocycles. The van der Waals surface area contributed by atoms with E-state index in [0.717, 1.165) is 51.4 Å². The van der Waals surface area contributed by atoms with Gasteiger partial charge in [-0.2, -0.15) is 0 Å². The van der Waals surface area contributed by atoms with Crippen molar-refractivity contribution in [2.24, 2.45) is 11.7 Å². The minimum absolute atomic E-state index is 0.155. The van der Waals surface area contributed by atoms with E-state index in [-0.39, 0.29) is 18.1 Å². The number of aliphatic hydroxyl groups excluding tert-OH is 1. The lowest BCUT2D eigenvalue weighted by Gasteiger charge is -2.28. The van der Waals surface area contributed by atoms with Crippen LogP contribution in [0.4, 0.5) is 0 Å². The van der Waals surface area contributed by atoms with E-state index in [4.69, 9.17) is 5.73 Å². The molecule has 0 aromatic carbocycles. The van der Waals surface area contributed by atoms with E-state index < -0.39 is 0 Å². The molecule has 1 amide bonds. The van der Waals surface area contributed by atoms with Crippen LogP contribution < -0.4 is 11.1 Å².